The minimum absolute atomic E-state index is 0.453. The van der Waals surface area contributed by atoms with Gasteiger partial charge in [0.25, 0.3) is 10.2 Å². The van der Waals surface area contributed by atoms with Crippen molar-refractivity contribution in [2.24, 2.45) is 0 Å². The van der Waals surface area contributed by atoms with Crippen LogP contribution < -0.4 is 4.72 Å². The van der Waals surface area contributed by atoms with Crippen LogP contribution in [0.5, 0.6) is 0 Å². The van der Waals surface area contributed by atoms with Crippen LogP contribution in [0.25, 0.3) is 0 Å². The van der Waals surface area contributed by atoms with E-state index in [4.69, 9.17) is 0 Å². The lowest BCUT2D eigenvalue weighted by Crippen LogP contribution is -2.50. The Labute approximate surface area is 79.9 Å². The molecule has 0 unspecified atom stereocenters. The molecule has 1 heterocycles. The predicted octanol–water partition coefficient (Wildman–Crippen LogP) is -0.912. The third-order valence-electron chi connectivity index (χ3n) is 2.13. The monoisotopic (exact) mass is 207 g/mol. The van der Waals surface area contributed by atoms with Crippen LogP contribution in [0.15, 0.2) is 0 Å². The summed E-state index contributed by atoms with van der Waals surface area (Å²) in [7, 11) is -1.20. The first-order valence-electron chi connectivity index (χ1n) is 4.49. The molecule has 1 rings (SSSR count). The lowest BCUT2D eigenvalue weighted by molar-refractivity contribution is 0.221. The van der Waals surface area contributed by atoms with Gasteiger partial charge in [-0.05, 0) is 7.05 Å². The summed E-state index contributed by atoms with van der Waals surface area (Å²) in [5.74, 6) is 0. The molecule has 0 amide bonds. The highest BCUT2D eigenvalue weighted by Crippen LogP contribution is 2.03. The Kier molecular flexibility index (Phi) is 3.66. The average Bonchev–Trinajstić information content (AvgIpc) is 2.05. The number of nitrogens with one attached hydrogen (secondary N) is 1. The molecule has 1 fully saturated rings. The largest absolute Gasteiger partial charge is 0.304 e. The predicted molar refractivity (Wildman–Crippen MR) is 51.7 cm³/mol. The first kappa shape index (κ1) is 10.9. The molecule has 0 spiro atoms. The third-order valence-corrected chi connectivity index (χ3v) is 3.83. The Morgan fingerprint density at radius 3 is 2.23 bits per heavy atom. The van der Waals surface area contributed by atoms with E-state index in [-0.39, 0.29) is 0 Å². The van der Waals surface area contributed by atoms with Crippen LogP contribution >= 0.6 is 0 Å². The van der Waals surface area contributed by atoms with Crippen LogP contribution in [-0.4, -0.2) is 57.4 Å². The molecule has 6 heteroatoms. The van der Waals surface area contributed by atoms with E-state index in [1.165, 1.54) is 4.31 Å². The van der Waals surface area contributed by atoms with Crippen LogP contribution in [0.2, 0.25) is 0 Å². The number of nitrogens with zero attached hydrogens (tertiary/aromatic N) is 2. The van der Waals surface area contributed by atoms with Crippen LogP contribution in [0.4, 0.5) is 0 Å². The average molecular weight is 207 g/mol. The van der Waals surface area contributed by atoms with Gasteiger partial charge in [0.05, 0.1) is 0 Å². The molecule has 0 aromatic rings. The molecular formula is C7H17N3O2S. The highest BCUT2D eigenvalue weighted by Gasteiger charge is 2.24. The number of hydrogen-bond donors (Lipinski definition) is 1. The summed E-state index contributed by atoms with van der Waals surface area (Å²) in [6.07, 6.45) is 0. The SMILES string of the molecule is CCNS(=O)(=O)N1CCN(C)CC1. The first-order chi connectivity index (χ1) is 6.06. The van der Waals surface area contributed by atoms with Crippen molar-refractivity contribution in [3.63, 3.8) is 0 Å². The van der Waals surface area contributed by atoms with Crippen LogP contribution in [0.1, 0.15) is 6.92 Å². The van der Waals surface area contributed by atoms with E-state index in [1.54, 1.807) is 6.92 Å². The van der Waals surface area contributed by atoms with Crippen molar-refractivity contribution in [2.75, 3.05) is 39.8 Å². The van der Waals surface area contributed by atoms with Crippen molar-refractivity contribution in [1.29, 1.82) is 0 Å². The Hall–Kier alpha value is -0.170. The fourth-order valence-electron chi connectivity index (χ4n) is 1.30. The van der Waals surface area contributed by atoms with Crippen LogP contribution in [0.3, 0.4) is 0 Å². The van der Waals surface area contributed by atoms with E-state index in [0.29, 0.717) is 19.6 Å². The van der Waals surface area contributed by atoms with Crippen molar-refractivity contribution in [2.45, 2.75) is 6.92 Å². The Morgan fingerprint density at radius 2 is 1.77 bits per heavy atom. The van der Waals surface area contributed by atoms with E-state index in [0.717, 1.165) is 13.1 Å². The van der Waals surface area contributed by atoms with Gasteiger partial charge in [-0.1, -0.05) is 6.92 Å². The molecule has 0 saturated carbocycles. The molecule has 0 aliphatic carbocycles. The van der Waals surface area contributed by atoms with E-state index in [9.17, 15) is 8.42 Å². The zero-order valence-corrected chi connectivity index (χ0v) is 8.97. The van der Waals surface area contributed by atoms with Crippen molar-refractivity contribution in [1.82, 2.24) is 13.9 Å². The van der Waals surface area contributed by atoms with Gasteiger partial charge in [0.15, 0.2) is 0 Å². The fraction of sp³-hybridized carbons (Fsp3) is 1.00. The van der Waals surface area contributed by atoms with Gasteiger partial charge in [0, 0.05) is 32.7 Å². The van der Waals surface area contributed by atoms with Gasteiger partial charge in [-0.3, -0.25) is 0 Å². The maximum atomic E-state index is 11.5. The molecule has 1 aliphatic rings. The normalized spacial score (nSPS) is 22.0. The minimum atomic E-state index is -3.20. The molecule has 1 N–H and O–H groups in total. The second kappa shape index (κ2) is 4.36. The Bertz CT molecular complexity index is 244. The summed E-state index contributed by atoms with van der Waals surface area (Å²) in [4.78, 5) is 2.12. The topological polar surface area (TPSA) is 52.7 Å². The number of piperazine rings is 1. The molecule has 1 saturated heterocycles. The molecule has 78 valence electrons. The lowest BCUT2D eigenvalue weighted by atomic mass is 10.4. The minimum Gasteiger partial charge on any atom is -0.304 e. The summed E-state index contributed by atoms with van der Waals surface area (Å²) >= 11 is 0. The first-order valence-corrected chi connectivity index (χ1v) is 5.93. The molecule has 5 nitrogen and oxygen atoms in total. The maximum absolute atomic E-state index is 11.5. The highest BCUT2D eigenvalue weighted by atomic mass is 32.2. The number of likely N-dealkylation sites (N-methyl/N-ethyl adjacent to an activating group) is 1. The smallest absolute Gasteiger partial charge is 0.279 e. The maximum Gasteiger partial charge on any atom is 0.279 e. The summed E-state index contributed by atoms with van der Waals surface area (Å²) in [6, 6.07) is 0. The standard InChI is InChI=1S/C7H17N3O2S/c1-3-8-13(11,12)10-6-4-9(2)5-7-10/h8H,3-7H2,1-2H3. The quantitative estimate of drug-likeness (QED) is 0.652. The van der Waals surface area contributed by atoms with Crippen molar-refractivity contribution < 1.29 is 8.42 Å². The van der Waals surface area contributed by atoms with E-state index >= 15 is 0 Å². The van der Waals surface area contributed by atoms with Crippen LogP contribution in [-0.2, 0) is 10.2 Å². The van der Waals surface area contributed by atoms with Crippen molar-refractivity contribution in [3.05, 3.63) is 0 Å². The number of rotatable bonds is 3. The third kappa shape index (κ3) is 2.91. The molecule has 0 radical (unpaired) electrons. The highest BCUT2D eigenvalue weighted by molar-refractivity contribution is 7.87. The fourth-order valence-corrected chi connectivity index (χ4v) is 2.49. The van der Waals surface area contributed by atoms with Gasteiger partial charge < -0.3 is 4.90 Å². The molecular weight excluding hydrogens is 190 g/mol. The van der Waals surface area contributed by atoms with Crippen molar-refractivity contribution >= 4 is 10.2 Å². The van der Waals surface area contributed by atoms with Gasteiger partial charge in [0.1, 0.15) is 0 Å². The summed E-state index contributed by atoms with van der Waals surface area (Å²) in [5.41, 5.74) is 0. The second-order valence-corrected chi connectivity index (χ2v) is 4.96. The molecule has 0 bridgehead atoms. The van der Waals surface area contributed by atoms with Gasteiger partial charge in [-0.2, -0.15) is 12.7 Å². The van der Waals surface area contributed by atoms with Crippen molar-refractivity contribution in [3.8, 4) is 0 Å². The lowest BCUT2D eigenvalue weighted by Gasteiger charge is -2.31. The van der Waals surface area contributed by atoms with Gasteiger partial charge in [-0.15, -0.1) is 0 Å². The molecule has 0 aromatic heterocycles. The van der Waals surface area contributed by atoms with E-state index < -0.39 is 10.2 Å². The molecule has 0 aromatic carbocycles. The molecule has 1 aliphatic heterocycles. The number of hydrogen-bond acceptors (Lipinski definition) is 3. The summed E-state index contributed by atoms with van der Waals surface area (Å²) < 4.78 is 27.0. The summed E-state index contributed by atoms with van der Waals surface area (Å²) in [6.45, 7) is 5.04. The van der Waals surface area contributed by atoms with Gasteiger partial charge >= 0.3 is 0 Å². The molecule has 0 atom stereocenters. The van der Waals surface area contributed by atoms with Gasteiger partial charge in [-0.25, -0.2) is 4.72 Å². The van der Waals surface area contributed by atoms with Crippen LogP contribution in [0, 0.1) is 0 Å². The summed E-state index contributed by atoms with van der Waals surface area (Å²) in [5, 5.41) is 0. The Balaban J connectivity index is 2.53. The zero-order chi connectivity index (χ0) is 9.90. The van der Waals surface area contributed by atoms with E-state index in [1.807, 2.05) is 7.05 Å². The zero-order valence-electron chi connectivity index (χ0n) is 8.15. The Morgan fingerprint density at radius 1 is 1.23 bits per heavy atom. The van der Waals surface area contributed by atoms with E-state index in [2.05, 4.69) is 9.62 Å². The van der Waals surface area contributed by atoms with Gasteiger partial charge in [0.2, 0.25) is 0 Å². The second-order valence-electron chi connectivity index (χ2n) is 3.21. The molecule has 13 heavy (non-hydrogen) atoms.